The van der Waals surface area contributed by atoms with Crippen LogP contribution in [0.25, 0.3) is 16.8 Å². The summed E-state index contributed by atoms with van der Waals surface area (Å²) >= 11 is 0. The van der Waals surface area contributed by atoms with E-state index in [9.17, 15) is 20.4 Å². The fourth-order valence-electron chi connectivity index (χ4n) is 3.16. The van der Waals surface area contributed by atoms with Crippen molar-refractivity contribution in [2.75, 3.05) is 13.2 Å². The fourth-order valence-corrected chi connectivity index (χ4v) is 3.16. The van der Waals surface area contributed by atoms with Crippen LogP contribution in [0.5, 0.6) is 0 Å². The average molecular weight is 346 g/mol. The summed E-state index contributed by atoms with van der Waals surface area (Å²) in [6, 6.07) is 11.8. The summed E-state index contributed by atoms with van der Waals surface area (Å²) in [5, 5.41) is 50.1. The summed E-state index contributed by atoms with van der Waals surface area (Å²) in [6.45, 7) is -1.25. The third kappa shape index (κ3) is 3.46. The van der Waals surface area contributed by atoms with Crippen LogP contribution in [-0.2, 0) is 4.74 Å². The average Bonchev–Trinajstić information content (AvgIpc) is 2.66. The van der Waals surface area contributed by atoms with Crippen LogP contribution < -0.4 is 0 Å². The molecule has 0 radical (unpaired) electrons. The van der Waals surface area contributed by atoms with Gasteiger partial charge in [0.25, 0.3) is 0 Å². The van der Waals surface area contributed by atoms with Crippen molar-refractivity contribution >= 4 is 16.8 Å². The molecule has 6 heteroatoms. The lowest BCUT2D eigenvalue weighted by molar-refractivity contribution is -0.151. The van der Waals surface area contributed by atoms with Crippen LogP contribution in [0.1, 0.15) is 17.2 Å². The minimum Gasteiger partial charge on any atom is -0.394 e. The lowest BCUT2D eigenvalue weighted by Gasteiger charge is -2.31. The van der Waals surface area contributed by atoms with Crippen molar-refractivity contribution in [3.63, 3.8) is 0 Å². The first kappa shape index (κ1) is 18.0. The summed E-state index contributed by atoms with van der Waals surface area (Å²) in [4.78, 5) is 0. The Balaban J connectivity index is 1.86. The zero-order chi connectivity index (χ0) is 18.0. The molecule has 0 saturated carbocycles. The molecule has 0 fully saturated rings. The van der Waals surface area contributed by atoms with Gasteiger partial charge in [-0.05, 0) is 21.9 Å². The van der Waals surface area contributed by atoms with Gasteiger partial charge in [0.15, 0.2) is 0 Å². The normalized spacial score (nSPS) is 21.1. The molecule has 0 spiro atoms. The van der Waals surface area contributed by atoms with Crippen molar-refractivity contribution in [2.45, 2.75) is 30.5 Å². The van der Waals surface area contributed by atoms with E-state index in [1.165, 1.54) is 0 Å². The first-order valence-corrected chi connectivity index (χ1v) is 8.18. The monoisotopic (exact) mass is 346 g/mol. The van der Waals surface area contributed by atoms with Crippen LogP contribution in [-0.4, -0.2) is 63.2 Å². The van der Waals surface area contributed by atoms with Crippen molar-refractivity contribution in [3.8, 4) is 0 Å². The zero-order valence-corrected chi connectivity index (χ0v) is 13.6. The number of hydrogen-bond donors (Lipinski definition) is 5. The molecule has 0 saturated heterocycles. The Morgan fingerprint density at radius 3 is 2.32 bits per heavy atom. The number of ether oxygens (including phenoxy) is 1. The maximum atomic E-state index is 10.2. The summed E-state index contributed by atoms with van der Waals surface area (Å²) < 4.78 is 5.83. The van der Waals surface area contributed by atoms with Gasteiger partial charge in [-0.25, -0.2) is 0 Å². The van der Waals surface area contributed by atoms with Crippen LogP contribution in [0.2, 0.25) is 0 Å². The Labute approximate surface area is 145 Å². The molecule has 25 heavy (non-hydrogen) atoms. The summed E-state index contributed by atoms with van der Waals surface area (Å²) in [7, 11) is 0. The molecule has 2 aromatic carbocycles. The third-order valence-electron chi connectivity index (χ3n) is 4.54. The van der Waals surface area contributed by atoms with Crippen molar-refractivity contribution in [1.29, 1.82) is 0 Å². The number of benzene rings is 2. The standard InChI is InChI=1S/C19H22O6/c20-9-14(22)18(23)19(24)16(10-21)25-15-8-7-12-4-1-3-11-5-2-6-13(15)17(11)12/h1-8,14-16,18-24H,9-10H2/t14-,15?,16-,18-,19-/m1/s1. The first-order valence-electron chi connectivity index (χ1n) is 8.18. The number of hydrogen-bond acceptors (Lipinski definition) is 6. The second-order valence-electron chi connectivity index (χ2n) is 6.16. The van der Waals surface area contributed by atoms with Gasteiger partial charge in [0, 0.05) is 0 Å². The van der Waals surface area contributed by atoms with E-state index in [1.54, 1.807) is 0 Å². The third-order valence-corrected chi connectivity index (χ3v) is 4.54. The molecule has 2 aromatic rings. The highest BCUT2D eigenvalue weighted by atomic mass is 16.5. The Hall–Kier alpha value is -1.80. The first-order chi connectivity index (χ1) is 12.1. The van der Waals surface area contributed by atoms with Gasteiger partial charge in [-0.2, -0.15) is 0 Å². The minimum absolute atomic E-state index is 0.510. The smallest absolute Gasteiger partial charge is 0.111 e. The molecule has 0 amide bonds. The quantitative estimate of drug-likeness (QED) is 0.495. The minimum atomic E-state index is -1.63. The van der Waals surface area contributed by atoms with E-state index >= 15 is 0 Å². The number of aliphatic hydroxyl groups is 5. The van der Waals surface area contributed by atoms with E-state index in [4.69, 9.17) is 9.84 Å². The summed E-state index contributed by atoms with van der Waals surface area (Å²) in [6.07, 6.45) is -2.58. The van der Waals surface area contributed by atoms with Crippen LogP contribution in [0.15, 0.2) is 42.5 Å². The van der Waals surface area contributed by atoms with Gasteiger partial charge in [-0.1, -0.05) is 48.6 Å². The van der Waals surface area contributed by atoms with Crippen molar-refractivity contribution < 1.29 is 30.3 Å². The lowest BCUT2D eigenvalue weighted by Crippen LogP contribution is -2.48. The Morgan fingerprint density at radius 1 is 0.920 bits per heavy atom. The molecule has 1 aliphatic carbocycles. The molecule has 1 unspecified atom stereocenters. The lowest BCUT2D eigenvalue weighted by atomic mass is 9.91. The van der Waals surface area contributed by atoms with Gasteiger partial charge in [0.2, 0.25) is 0 Å². The molecule has 0 heterocycles. The molecule has 6 nitrogen and oxygen atoms in total. The van der Waals surface area contributed by atoms with E-state index in [-0.39, 0.29) is 0 Å². The molecule has 0 aliphatic heterocycles. The van der Waals surface area contributed by atoms with Crippen LogP contribution in [0.3, 0.4) is 0 Å². The van der Waals surface area contributed by atoms with Crippen LogP contribution in [0, 0.1) is 0 Å². The Morgan fingerprint density at radius 2 is 1.64 bits per heavy atom. The maximum Gasteiger partial charge on any atom is 0.111 e. The molecule has 0 bridgehead atoms. The maximum absolute atomic E-state index is 10.2. The van der Waals surface area contributed by atoms with Gasteiger partial charge >= 0.3 is 0 Å². The second kappa shape index (κ2) is 7.61. The topological polar surface area (TPSA) is 110 Å². The predicted molar refractivity (Wildman–Crippen MR) is 92.8 cm³/mol. The summed E-state index contributed by atoms with van der Waals surface area (Å²) in [5.41, 5.74) is 1.96. The molecule has 3 rings (SSSR count). The predicted octanol–water partition coefficient (Wildman–Crippen LogP) is 0.360. The van der Waals surface area contributed by atoms with Gasteiger partial charge in [-0.3, -0.25) is 0 Å². The van der Waals surface area contributed by atoms with Gasteiger partial charge in [-0.15, -0.1) is 0 Å². The number of rotatable bonds is 7. The van der Waals surface area contributed by atoms with Gasteiger partial charge in [0.1, 0.15) is 30.5 Å². The van der Waals surface area contributed by atoms with E-state index in [0.717, 1.165) is 21.9 Å². The van der Waals surface area contributed by atoms with Crippen LogP contribution >= 0.6 is 0 Å². The van der Waals surface area contributed by atoms with Crippen molar-refractivity contribution in [1.82, 2.24) is 0 Å². The zero-order valence-electron chi connectivity index (χ0n) is 13.6. The number of aliphatic hydroxyl groups excluding tert-OH is 5. The largest absolute Gasteiger partial charge is 0.394 e. The van der Waals surface area contributed by atoms with E-state index < -0.39 is 43.7 Å². The molecule has 1 aliphatic rings. The molecule has 134 valence electrons. The highest BCUT2D eigenvalue weighted by molar-refractivity contribution is 5.95. The van der Waals surface area contributed by atoms with Gasteiger partial charge < -0.3 is 30.3 Å². The molecule has 5 atom stereocenters. The SMILES string of the molecule is OC[C@@H](O)[C@@H](O)[C@H](O)[C@@H](CO)OC1C=Cc2cccc3cccc1c23. The van der Waals surface area contributed by atoms with E-state index in [2.05, 4.69) is 0 Å². The highest BCUT2D eigenvalue weighted by Crippen LogP contribution is 2.36. The van der Waals surface area contributed by atoms with E-state index in [1.807, 2.05) is 48.6 Å². The van der Waals surface area contributed by atoms with Gasteiger partial charge in [0.05, 0.1) is 13.2 Å². The van der Waals surface area contributed by atoms with Crippen molar-refractivity contribution in [2.24, 2.45) is 0 Å². The summed E-state index contributed by atoms with van der Waals surface area (Å²) in [5.74, 6) is 0. The van der Waals surface area contributed by atoms with E-state index in [0.29, 0.717) is 0 Å². The van der Waals surface area contributed by atoms with Crippen LogP contribution in [0.4, 0.5) is 0 Å². The second-order valence-corrected chi connectivity index (χ2v) is 6.16. The van der Waals surface area contributed by atoms with Crippen molar-refractivity contribution in [3.05, 3.63) is 53.6 Å². The Bertz CT molecular complexity index is 753. The molecule has 5 N–H and O–H groups in total. The fraction of sp³-hybridized carbons (Fsp3) is 0.368. The molecule has 0 aromatic heterocycles. The molecular weight excluding hydrogens is 324 g/mol. The highest BCUT2D eigenvalue weighted by Gasteiger charge is 2.33. The molecular formula is C19H22O6. The Kier molecular flexibility index (Phi) is 5.48.